The molecule has 1 aliphatic heterocycles. The minimum Gasteiger partial charge on any atom is -0.375 e. The standard InChI is InChI=1S/C26H34FNO/c1-24(2,21-8-4-3-5-9-21)28-18-16-25(22-10-12-23(27)13-11-22)17-19-29-26(20-25)14-6-7-15-26/h3-5,8-13,28H,6-7,14-20H2,1-2H3/t25-/m1/s1. The molecule has 0 bridgehead atoms. The third-order valence-corrected chi connectivity index (χ3v) is 7.29. The Balaban J connectivity index is 1.54. The average molecular weight is 396 g/mol. The highest BCUT2D eigenvalue weighted by atomic mass is 19.1. The molecule has 0 unspecified atom stereocenters. The summed E-state index contributed by atoms with van der Waals surface area (Å²) in [5.74, 6) is -0.158. The summed E-state index contributed by atoms with van der Waals surface area (Å²) in [7, 11) is 0. The van der Waals surface area contributed by atoms with Crippen LogP contribution in [-0.2, 0) is 15.7 Å². The van der Waals surface area contributed by atoms with Crippen LogP contribution in [0.5, 0.6) is 0 Å². The number of hydrogen-bond donors (Lipinski definition) is 1. The predicted octanol–water partition coefficient (Wildman–Crippen LogP) is 6.10. The van der Waals surface area contributed by atoms with Crippen LogP contribution in [0.3, 0.4) is 0 Å². The van der Waals surface area contributed by atoms with Gasteiger partial charge in [-0.25, -0.2) is 4.39 Å². The van der Waals surface area contributed by atoms with Crippen molar-refractivity contribution in [2.45, 2.75) is 75.3 Å². The molecule has 2 aromatic rings. The lowest BCUT2D eigenvalue weighted by Crippen LogP contribution is -2.48. The third-order valence-electron chi connectivity index (χ3n) is 7.29. The van der Waals surface area contributed by atoms with E-state index in [9.17, 15) is 4.39 Å². The maximum absolute atomic E-state index is 13.6. The van der Waals surface area contributed by atoms with Crippen molar-refractivity contribution in [1.29, 1.82) is 0 Å². The van der Waals surface area contributed by atoms with E-state index >= 15 is 0 Å². The first-order valence-corrected chi connectivity index (χ1v) is 11.1. The Morgan fingerprint density at radius 1 is 0.966 bits per heavy atom. The first-order valence-electron chi connectivity index (χ1n) is 11.1. The monoisotopic (exact) mass is 395 g/mol. The fourth-order valence-corrected chi connectivity index (χ4v) is 5.54. The van der Waals surface area contributed by atoms with Crippen molar-refractivity contribution in [1.82, 2.24) is 5.32 Å². The molecular weight excluding hydrogens is 361 g/mol. The molecule has 0 aromatic heterocycles. The highest BCUT2D eigenvalue weighted by Crippen LogP contribution is 2.50. The van der Waals surface area contributed by atoms with E-state index in [0.717, 1.165) is 32.4 Å². The summed E-state index contributed by atoms with van der Waals surface area (Å²) in [6.45, 7) is 6.22. The van der Waals surface area contributed by atoms with E-state index in [0.29, 0.717) is 0 Å². The zero-order valence-corrected chi connectivity index (χ0v) is 17.8. The van der Waals surface area contributed by atoms with Crippen LogP contribution in [0.4, 0.5) is 4.39 Å². The van der Waals surface area contributed by atoms with Crippen LogP contribution in [0.2, 0.25) is 0 Å². The molecule has 0 amide bonds. The van der Waals surface area contributed by atoms with Crippen molar-refractivity contribution in [3.63, 3.8) is 0 Å². The Hall–Kier alpha value is -1.71. The first-order chi connectivity index (χ1) is 13.9. The van der Waals surface area contributed by atoms with E-state index in [4.69, 9.17) is 4.74 Å². The molecule has 1 saturated heterocycles. The maximum atomic E-state index is 13.6. The van der Waals surface area contributed by atoms with Gasteiger partial charge in [0.2, 0.25) is 0 Å². The second-order valence-electron chi connectivity index (χ2n) is 9.62. The normalized spacial score (nSPS) is 24.1. The molecule has 0 radical (unpaired) electrons. The third kappa shape index (κ3) is 4.41. The van der Waals surface area contributed by atoms with Crippen LogP contribution in [-0.4, -0.2) is 18.8 Å². The second-order valence-corrected chi connectivity index (χ2v) is 9.62. The van der Waals surface area contributed by atoms with Crippen LogP contribution >= 0.6 is 0 Å². The first kappa shape index (κ1) is 20.6. The van der Waals surface area contributed by atoms with Crippen LogP contribution in [0.25, 0.3) is 0 Å². The van der Waals surface area contributed by atoms with E-state index in [1.807, 2.05) is 12.1 Å². The minimum atomic E-state index is -0.158. The molecule has 4 rings (SSSR count). The highest BCUT2D eigenvalue weighted by molar-refractivity contribution is 5.28. The van der Waals surface area contributed by atoms with Gasteiger partial charge in [-0.1, -0.05) is 55.3 Å². The highest BCUT2D eigenvalue weighted by Gasteiger charge is 2.47. The van der Waals surface area contributed by atoms with Gasteiger partial charge < -0.3 is 10.1 Å². The van der Waals surface area contributed by atoms with Crippen molar-refractivity contribution in [3.8, 4) is 0 Å². The SMILES string of the molecule is CC(C)(NCC[C@@]1(c2ccc(F)cc2)CCOC2(CCCC2)C1)c1ccccc1. The molecule has 1 spiro atoms. The van der Waals surface area contributed by atoms with E-state index in [2.05, 4.69) is 49.5 Å². The molecular formula is C26H34FNO. The van der Waals surface area contributed by atoms with Gasteiger partial charge in [-0.15, -0.1) is 0 Å². The van der Waals surface area contributed by atoms with Gasteiger partial charge in [0.25, 0.3) is 0 Å². The van der Waals surface area contributed by atoms with E-state index in [1.54, 1.807) is 12.1 Å². The van der Waals surface area contributed by atoms with Crippen LogP contribution < -0.4 is 5.32 Å². The van der Waals surface area contributed by atoms with E-state index in [1.165, 1.54) is 36.8 Å². The number of halogens is 1. The number of rotatable bonds is 6. The number of benzene rings is 2. The molecule has 1 heterocycles. The molecule has 2 aromatic carbocycles. The lowest BCUT2D eigenvalue weighted by atomic mass is 9.66. The Morgan fingerprint density at radius 3 is 2.34 bits per heavy atom. The molecule has 1 atom stereocenters. The summed E-state index contributed by atoms with van der Waals surface area (Å²) < 4.78 is 20.0. The van der Waals surface area contributed by atoms with Gasteiger partial charge in [0.1, 0.15) is 5.82 Å². The van der Waals surface area contributed by atoms with Gasteiger partial charge in [-0.05, 0) is 75.8 Å². The topological polar surface area (TPSA) is 21.3 Å². The number of hydrogen-bond acceptors (Lipinski definition) is 2. The smallest absolute Gasteiger partial charge is 0.123 e. The largest absolute Gasteiger partial charge is 0.375 e. The fraction of sp³-hybridized carbons (Fsp3) is 0.538. The zero-order chi connectivity index (χ0) is 20.4. The van der Waals surface area contributed by atoms with Gasteiger partial charge in [0.05, 0.1) is 5.60 Å². The molecule has 1 aliphatic carbocycles. The maximum Gasteiger partial charge on any atom is 0.123 e. The molecule has 2 aliphatic rings. The molecule has 3 heteroatoms. The summed E-state index contributed by atoms with van der Waals surface area (Å²) in [6.07, 6.45) is 7.96. The van der Waals surface area contributed by atoms with Crippen LogP contribution in [0, 0.1) is 5.82 Å². The fourth-order valence-electron chi connectivity index (χ4n) is 5.54. The van der Waals surface area contributed by atoms with Gasteiger partial charge >= 0.3 is 0 Å². The molecule has 156 valence electrons. The average Bonchev–Trinajstić information content (AvgIpc) is 3.16. The Labute approximate surface area is 174 Å². The van der Waals surface area contributed by atoms with Crippen molar-refractivity contribution < 1.29 is 9.13 Å². The quantitative estimate of drug-likeness (QED) is 0.638. The van der Waals surface area contributed by atoms with Crippen molar-refractivity contribution in [3.05, 3.63) is 71.5 Å². The summed E-state index contributed by atoms with van der Waals surface area (Å²) in [5, 5.41) is 3.79. The van der Waals surface area contributed by atoms with Crippen molar-refractivity contribution in [2.24, 2.45) is 0 Å². The number of nitrogens with one attached hydrogen (secondary N) is 1. The number of ether oxygens (including phenoxy) is 1. The Kier molecular flexibility index (Phi) is 5.81. The van der Waals surface area contributed by atoms with Crippen molar-refractivity contribution in [2.75, 3.05) is 13.2 Å². The van der Waals surface area contributed by atoms with Gasteiger partial charge in [-0.3, -0.25) is 0 Å². The Bertz CT molecular complexity index is 795. The van der Waals surface area contributed by atoms with Crippen molar-refractivity contribution >= 4 is 0 Å². The summed E-state index contributed by atoms with van der Waals surface area (Å²) in [5.41, 5.74) is 2.57. The lowest BCUT2D eigenvalue weighted by Gasteiger charge is -2.47. The van der Waals surface area contributed by atoms with Crippen LogP contribution in [0.15, 0.2) is 54.6 Å². The van der Waals surface area contributed by atoms with Gasteiger partial charge in [0.15, 0.2) is 0 Å². The summed E-state index contributed by atoms with van der Waals surface area (Å²) in [6, 6.07) is 17.9. The predicted molar refractivity (Wildman–Crippen MR) is 117 cm³/mol. The van der Waals surface area contributed by atoms with Gasteiger partial charge in [0, 0.05) is 17.6 Å². The molecule has 1 N–H and O–H groups in total. The summed E-state index contributed by atoms with van der Waals surface area (Å²) in [4.78, 5) is 0. The molecule has 2 nitrogen and oxygen atoms in total. The molecule has 2 fully saturated rings. The second kappa shape index (κ2) is 8.20. The van der Waals surface area contributed by atoms with Gasteiger partial charge in [-0.2, -0.15) is 0 Å². The molecule has 1 saturated carbocycles. The van der Waals surface area contributed by atoms with E-state index < -0.39 is 0 Å². The summed E-state index contributed by atoms with van der Waals surface area (Å²) >= 11 is 0. The van der Waals surface area contributed by atoms with Crippen LogP contribution in [0.1, 0.15) is 69.9 Å². The Morgan fingerprint density at radius 2 is 1.66 bits per heavy atom. The lowest BCUT2D eigenvalue weighted by molar-refractivity contribution is -0.103. The van der Waals surface area contributed by atoms with E-state index in [-0.39, 0.29) is 22.4 Å². The zero-order valence-electron chi connectivity index (χ0n) is 17.8. The molecule has 29 heavy (non-hydrogen) atoms. The minimum absolute atomic E-state index is 0.0293.